The second-order valence-corrected chi connectivity index (χ2v) is 9.48. The van der Waals surface area contributed by atoms with Crippen molar-refractivity contribution < 1.29 is 44.3 Å². The van der Waals surface area contributed by atoms with E-state index in [2.05, 4.69) is 0 Å². The quantitative estimate of drug-likeness (QED) is 0.136. The zero-order chi connectivity index (χ0) is 31.3. The molecule has 0 saturated heterocycles. The molecule has 0 radical (unpaired) electrons. The van der Waals surface area contributed by atoms with Crippen LogP contribution in [0.25, 0.3) is 28.1 Å². The van der Waals surface area contributed by atoms with Crippen LogP contribution in [0.4, 0.5) is 39.5 Å². The van der Waals surface area contributed by atoms with Gasteiger partial charge in [0, 0.05) is 28.8 Å². The summed E-state index contributed by atoms with van der Waals surface area (Å²) < 4.78 is 129. The molecule has 0 bridgehead atoms. The van der Waals surface area contributed by atoms with Gasteiger partial charge in [0.1, 0.15) is 41.2 Å². The minimum absolute atomic E-state index is 0.0210. The zero-order valence-electron chi connectivity index (χ0n) is 22.5. The van der Waals surface area contributed by atoms with E-state index in [-0.39, 0.29) is 22.3 Å². The molecule has 10 heteroatoms. The Hall–Kier alpha value is -4.47. The fourth-order valence-corrected chi connectivity index (χ4v) is 4.20. The molecule has 0 heterocycles. The molecule has 43 heavy (non-hydrogen) atoms. The van der Waals surface area contributed by atoms with Gasteiger partial charge in [0.2, 0.25) is 0 Å². The van der Waals surface area contributed by atoms with Crippen molar-refractivity contribution in [3.05, 3.63) is 131 Å². The highest BCUT2D eigenvalue weighted by Crippen LogP contribution is 2.36. The standard InChI is InChI=1S/C33H23F9O/c1-2-3-4-5-26(34)32(39)20-8-6-19(7-9-20)21-12-13-25(28(36)14-21)22-10-11-23(27(35)15-22)18-43-24-16-29(37)31(30(38)17-24)33(40,41)42/h4-17H,2-3,18H2,1H3. The Labute approximate surface area is 241 Å². The summed E-state index contributed by atoms with van der Waals surface area (Å²) in [5, 5.41) is 0. The van der Waals surface area contributed by atoms with Crippen LogP contribution in [0, 0.1) is 23.3 Å². The summed E-state index contributed by atoms with van der Waals surface area (Å²) in [5.41, 5.74) is -0.971. The smallest absolute Gasteiger partial charge is 0.422 e. The van der Waals surface area contributed by atoms with Crippen molar-refractivity contribution in [1.29, 1.82) is 0 Å². The lowest BCUT2D eigenvalue weighted by Crippen LogP contribution is -2.11. The zero-order valence-corrected chi connectivity index (χ0v) is 22.5. The average molecular weight is 607 g/mol. The van der Waals surface area contributed by atoms with Gasteiger partial charge in [-0.25, -0.2) is 26.3 Å². The van der Waals surface area contributed by atoms with Crippen LogP contribution < -0.4 is 4.74 Å². The summed E-state index contributed by atoms with van der Waals surface area (Å²) in [6.45, 7) is 1.34. The molecule has 4 aromatic rings. The second kappa shape index (κ2) is 13.2. The summed E-state index contributed by atoms with van der Waals surface area (Å²) in [7, 11) is 0. The lowest BCUT2D eigenvalue weighted by Gasteiger charge is -2.13. The third kappa shape index (κ3) is 7.49. The van der Waals surface area contributed by atoms with Crippen molar-refractivity contribution in [2.75, 3.05) is 0 Å². The van der Waals surface area contributed by atoms with E-state index in [9.17, 15) is 35.1 Å². The topological polar surface area (TPSA) is 9.23 Å². The number of halogens is 9. The Bertz CT molecular complexity index is 1650. The highest BCUT2D eigenvalue weighted by Gasteiger charge is 2.38. The highest BCUT2D eigenvalue weighted by atomic mass is 19.4. The molecule has 1 nitrogen and oxygen atoms in total. The molecular formula is C33H23F9O. The van der Waals surface area contributed by atoms with Gasteiger partial charge in [-0.15, -0.1) is 0 Å². The molecule has 4 rings (SSSR count). The summed E-state index contributed by atoms with van der Waals surface area (Å²) >= 11 is 0. The summed E-state index contributed by atoms with van der Waals surface area (Å²) in [6.07, 6.45) is -1.22. The van der Waals surface area contributed by atoms with Crippen molar-refractivity contribution in [2.24, 2.45) is 0 Å². The van der Waals surface area contributed by atoms with Gasteiger partial charge in [0.25, 0.3) is 0 Å². The highest BCUT2D eigenvalue weighted by molar-refractivity contribution is 5.73. The van der Waals surface area contributed by atoms with Gasteiger partial charge in [-0.3, -0.25) is 0 Å². The van der Waals surface area contributed by atoms with Crippen molar-refractivity contribution in [3.8, 4) is 28.0 Å². The predicted molar refractivity (Wildman–Crippen MR) is 146 cm³/mol. The van der Waals surface area contributed by atoms with E-state index in [1.165, 1.54) is 54.6 Å². The van der Waals surface area contributed by atoms with Crippen molar-refractivity contribution in [1.82, 2.24) is 0 Å². The van der Waals surface area contributed by atoms with E-state index < -0.39 is 59.0 Å². The van der Waals surface area contributed by atoms with Gasteiger partial charge in [0.05, 0.1) is 0 Å². The number of unbranched alkanes of at least 4 members (excludes halogenated alkanes) is 1. The van der Waals surface area contributed by atoms with Crippen LogP contribution in [0.2, 0.25) is 0 Å². The minimum Gasteiger partial charge on any atom is -0.489 e. The van der Waals surface area contributed by atoms with Crippen molar-refractivity contribution in [3.63, 3.8) is 0 Å². The number of alkyl halides is 3. The Morgan fingerprint density at radius 3 is 1.91 bits per heavy atom. The van der Waals surface area contributed by atoms with Gasteiger partial charge in [-0.05, 0) is 41.3 Å². The third-order valence-electron chi connectivity index (χ3n) is 6.43. The van der Waals surface area contributed by atoms with Gasteiger partial charge in [-0.2, -0.15) is 13.2 Å². The van der Waals surface area contributed by atoms with Crippen LogP contribution in [0.5, 0.6) is 5.75 Å². The Kier molecular flexibility index (Phi) is 9.68. The molecule has 0 aliphatic carbocycles. The van der Waals surface area contributed by atoms with Crippen LogP contribution in [0.1, 0.15) is 36.5 Å². The first-order valence-corrected chi connectivity index (χ1v) is 13.0. The molecule has 0 amide bonds. The molecule has 0 N–H and O–H groups in total. The molecule has 0 aromatic heterocycles. The fourth-order valence-electron chi connectivity index (χ4n) is 4.20. The molecular weight excluding hydrogens is 583 g/mol. The van der Waals surface area contributed by atoms with E-state index in [0.717, 1.165) is 18.6 Å². The van der Waals surface area contributed by atoms with E-state index in [4.69, 9.17) is 4.74 Å². The maximum atomic E-state index is 15.1. The predicted octanol–water partition coefficient (Wildman–Crippen LogP) is 11.1. The van der Waals surface area contributed by atoms with Gasteiger partial charge in [0.15, 0.2) is 11.7 Å². The van der Waals surface area contributed by atoms with Crippen LogP contribution in [-0.2, 0) is 12.8 Å². The molecule has 0 saturated carbocycles. The van der Waals surface area contributed by atoms with E-state index in [0.29, 0.717) is 29.7 Å². The molecule has 0 spiro atoms. The summed E-state index contributed by atoms with van der Waals surface area (Å²) in [5.74, 6) is -7.88. The molecule has 0 atom stereocenters. The van der Waals surface area contributed by atoms with Crippen molar-refractivity contribution in [2.45, 2.75) is 32.5 Å². The minimum atomic E-state index is -5.24. The van der Waals surface area contributed by atoms with Crippen LogP contribution >= 0.6 is 0 Å². The molecule has 0 aliphatic heterocycles. The number of benzene rings is 4. The molecule has 0 fully saturated rings. The first-order chi connectivity index (χ1) is 20.4. The normalized spacial score (nSPS) is 12.5. The number of hydrogen-bond donors (Lipinski definition) is 0. The lowest BCUT2D eigenvalue weighted by atomic mass is 9.98. The van der Waals surface area contributed by atoms with Crippen LogP contribution in [-0.4, -0.2) is 0 Å². The monoisotopic (exact) mass is 606 g/mol. The molecule has 224 valence electrons. The Balaban J connectivity index is 1.48. The first kappa shape index (κ1) is 31.5. The molecule has 0 unspecified atom stereocenters. The number of hydrogen-bond acceptors (Lipinski definition) is 1. The SMILES string of the molecule is CCCC=CC(F)=C(F)c1ccc(-c2ccc(-c3ccc(COc4cc(F)c(C(F)(F)F)c(F)c4)c(F)c3)c(F)c2)cc1. The van der Waals surface area contributed by atoms with Gasteiger partial charge in [-0.1, -0.05) is 68.0 Å². The average Bonchev–Trinajstić information content (AvgIpc) is 2.95. The maximum absolute atomic E-state index is 15.1. The van der Waals surface area contributed by atoms with Crippen LogP contribution in [0.15, 0.2) is 90.8 Å². The lowest BCUT2D eigenvalue weighted by molar-refractivity contribution is -0.142. The summed E-state index contributed by atoms with van der Waals surface area (Å²) in [6, 6.07) is 14.3. The Morgan fingerprint density at radius 1 is 0.721 bits per heavy atom. The van der Waals surface area contributed by atoms with E-state index in [1.807, 2.05) is 6.92 Å². The molecule has 0 aliphatic rings. The largest absolute Gasteiger partial charge is 0.489 e. The number of allylic oxidation sites excluding steroid dienone is 3. The van der Waals surface area contributed by atoms with Crippen LogP contribution in [0.3, 0.4) is 0 Å². The molecule has 4 aromatic carbocycles. The number of rotatable bonds is 9. The van der Waals surface area contributed by atoms with E-state index in [1.54, 1.807) is 6.07 Å². The second-order valence-electron chi connectivity index (χ2n) is 9.48. The maximum Gasteiger partial charge on any atom is 0.422 e. The Morgan fingerprint density at radius 2 is 1.33 bits per heavy atom. The van der Waals surface area contributed by atoms with Gasteiger partial charge < -0.3 is 4.74 Å². The van der Waals surface area contributed by atoms with Gasteiger partial charge >= 0.3 is 6.18 Å². The third-order valence-corrected chi connectivity index (χ3v) is 6.43. The number of ether oxygens (including phenoxy) is 1. The summed E-state index contributed by atoms with van der Waals surface area (Å²) in [4.78, 5) is 0. The van der Waals surface area contributed by atoms with E-state index >= 15 is 4.39 Å². The fraction of sp³-hybridized carbons (Fsp3) is 0.152. The van der Waals surface area contributed by atoms with Crippen molar-refractivity contribution >= 4 is 5.83 Å². The first-order valence-electron chi connectivity index (χ1n) is 13.0.